The monoisotopic (exact) mass is 425 g/mol. The number of esters is 1. The molecule has 31 heavy (non-hydrogen) atoms. The van der Waals surface area contributed by atoms with Gasteiger partial charge in [-0.1, -0.05) is 12.2 Å². The summed E-state index contributed by atoms with van der Waals surface area (Å²) in [7, 11) is 0. The first kappa shape index (κ1) is 20.8. The smallest absolute Gasteiger partial charge is 0.329 e. The first-order chi connectivity index (χ1) is 14.8. The van der Waals surface area contributed by atoms with Crippen molar-refractivity contribution in [2.75, 3.05) is 17.2 Å². The number of nitrogens with zero attached hydrogens (tertiary/aromatic N) is 1. The summed E-state index contributed by atoms with van der Waals surface area (Å²) < 4.78 is 5.04. The van der Waals surface area contributed by atoms with Gasteiger partial charge in [0.1, 0.15) is 6.04 Å². The van der Waals surface area contributed by atoms with Crippen molar-refractivity contribution in [1.82, 2.24) is 4.90 Å². The largest absolute Gasteiger partial charge is 0.454 e. The van der Waals surface area contributed by atoms with Crippen molar-refractivity contribution in [3.05, 3.63) is 36.4 Å². The molecule has 1 saturated carbocycles. The first-order valence-corrected chi connectivity index (χ1v) is 10.2. The van der Waals surface area contributed by atoms with Crippen LogP contribution in [0.3, 0.4) is 0 Å². The van der Waals surface area contributed by atoms with E-state index in [4.69, 9.17) is 4.74 Å². The fraction of sp³-hybridized carbons (Fsp3) is 0.409. The lowest BCUT2D eigenvalue weighted by Gasteiger charge is -2.23. The van der Waals surface area contributed by atoms with Crippen LogP contribution in [0.4, 0.5) is 11.4 Å². The minimum Gasteiger partial charge on any atom is -0.454 e. The highest BCUT2D eigenvalue weighted by Crippen LogP contribution is 2.52. The summed E-state index contributed by atoms with van der Waals surface area (Å²) in [4.78, 5) is 62.1. The summed E-state index contributed by atoms with van der Waals surface area (Å²) >= 11 is 0. The van der Waals surface area contributed by atoms with E-state index in [-0.39, 0.29) is 41.4 Å². The number of fused-ring (bicyclic) bond motifs is 5. The number of imide groups is 1. The van der Waals surface area contributed by atoms with Crippen molar-refractivity contribution in [1.29, 1.82) is 0 Å². The topological polar surface area (TPSA) is 122 Å². The molecule has 5 atom stereocenters. The molecule has 0 radical (unpaired) electrons. The second kappa shape index (κ2) is 7.98. The van der Waals surface area contributed by atoms with Crippen LogP contribution in [0.25, 0.3) is 0 Å². The Bertz CT molecular complexity index is 955. The minimum absolute atomic E-state index is 0.0579. The Morgan fingerprint density at radius 1 is 1.00 bits per heavy atom. The molecule has 162 valence electrons. The average Bonchev–Trinajstić information content (AvgIpc) is 3.40. The van der Waals surface area contributed by atoms with Crippen LogP contribution < -0.4 is 10.6 Å². The Balaban J connectivity index is 1.29. The zero-order valence-electron chi connectivity index (χ0n) is 17.2. The molecule has 1 aromatic carbocycles. The van der Waals surface area contributed by atoms with Gasteiger partial charge in [-0.05, 0) is 49.4 Å². The molecule has 9 nitrogen and oxygen atoms in total. The summed E-state index contributed by atoms with van der Waals surface area (Å²) in [6.45, 7) is 2.28. The normalized spacial score (nSPS) is 26.6. The lowest BCUT2D eigenvalue weighted by molar-refractivity contribution is -0.159. The van der Waals surface area contributed by atoms with Crippen LogP contribution in [0.15, 0.2) is 36.4 Å². The molecule has 1 heterocycles. The van der Waals surface area contributed by atoms with E-state index in [1.54, 1.807) is 24.3 Å². The summed E-state index contributed by atoms with van der Waals surface area (Å²) in [5, 5.41) is 5.18. The van der Waals surface area contributed by atoms with E-state index in [2.05, 4.69) is 10.6 Å². The summed E-state index contributed by atoms with van der Waals surface area (Å²) in [6.07, 6.45) is 4.78. The van der Waals surface area contributed by atoms with Gasteiger partial charge in [-0.25, -0.2) is 4.79 Å². The summed E-state index contributed by atoms with van der Waals surface area (Å²) in [5.41, 5.74) is 1.04. The molecule has 1 saturated heterocycles. The number of amides is 4. The molecule has 1 aromatic rings. The molecule has 4 rings (SSSR count). The number of allylic oxidation sites excluding steroid dienone is 2. The van der Waals surface area contributed by atoms with Crippen molar-refractivity contribution in [3.63, 3.8) is 0 Å². The molecular weight excluding hydrogens is 402 g/mol. The lowest BCUT2D eigenvalue weighted by atomic mass is 9.85. The molecule has 2 N–H and O–H groups in total. The number of hydrogen-bond donors (Lipinski definition) is 2. The highest BCUT2D eigenvalue weighted by Gasteiger charge is 2.60. The van der Waals surface area contributed by atoms with E-state index in [0.29, 0.717) is 11.4 Å². The number of carbonyl (C=O) groups excluding carboxylic acids is 5. The van der Waals surface area contributed by atoms with Gasteiger partial charge in [0.15, 0.2) is 6.61 Å². The highest BCUT2D eigenvalue weighted by molar-refractivity contribution is 6.09. The molecule has 2 fully saturated rings. The maximum Gasteiger partial charge on any atom is 0.329 e. The first-order valence-electron chi connectivity index (χ1n) is 10.2. The van der Waals surface area contributed by atoms with Gasteiger partial charge in [-0.2, -0.15) is 0 Å². The number of likely N-dealkylation sites (tertiary alicyclic amines) is 1. The van der Waals surface area contributed by atoms with Gasteiger partial charge in [0.2, 0.25) is 17.7 Å². The van der Waals surface area contributed by atoms with E-state index < -0.39 is 24.5 Å². The Hall–Kier alpha value is -3.49. The quantitative estimate of drug-likeness (QED) is 0.403. The molecule has 0 aromatic heterocycles. The highest BCUT2D eigenvalue weighted by atomic mass is 16.5. The van der Waals surface area contributed by atoms with Crippen molar-refractivity contribution in [2.24, 2.45) is 23.7 Å². The van der Waals surface area contributed by atoms with Crippen molar-refractivity contribution >= 4 is 41.0 Å². The van der Waals surface area contributed by atoms with Gasteiger partial charge < -0.3 is 15.4 Å². The van der Waals surface area contributed by atoms with Crippen molar-refractivity contribution < 1.29 is 28.7 Å². The van der Waals surface area contributed by atoms with Crippen molar-refractivity contribution in [2.45, 2.75) is 26.3 Å². The number of carbonyl (C=O) groups is 5. The van der Waals surface area contributed by atoms with Crippen LogP contribution in [-0.2, 0) is 28.7 Å². The van der Waals surface area contributed by atoms with E-state index in [1.807, 2.05) is 12.2 Å². The van der Waals surface area contributed by atoms with Gasteiger partial charge in [-0.15, -0.1) is 0 Å². The van der Waals surface area contributed by atoms with E-state index >= 15 is 0 Å². The predicted octanol–water partition coefficient (Wildman–Crippen LogP) is 1.32. The standard InChI is InChI=1S/C22H23N3O6/c1-11(25-20(28)18-13-3-4-14(9-13)19(18)21(25)29)22(30)31-10-17(27)24-16-7-5-15(6-8-16)23-12(2)26/h3-8,11,13-14,18-19H,9-10H2,1-2H3,(H,23,26)(H,24,27)/t11-,13-,14-,18+,19+/m0/s1. The minimum atomic E-state index is -1.09. The SMILES string of the molecule is CC(=O)Nc1ccc(NC(=O)COC(=O)[C@H](C)N2C(=O)[C@H]3[C@H](C2=O)[C@H]2C=C[C@H]3C2)cc1. The van der Waals surface area contributed by atoms with Crippen LogP contribution >= 0.6 is 0 Å². The molecule has 0 unspecified atom stereocenters. The fourth-order valence-corrected chi connectivity index (χ4v) is 4.71. The third-order valence-corrected chi connectivity index (χ3v) is 6.07. The number of nitrogens with one attached hydrogen (secondary N) is 2. The van der Waals surface area contributed by atoms with Crippen LogP contribution in [-0.4, -0.2) is 47.1 Å². The zero-order valence-corrected chi connectivity index (χ0v) is 17.2. The van der Waals surface area contributed by atoms with E-state index in [1.165, 1.54) is 13.8 Å². The number of hydrogen-bond acceptors (Lipinski definition) is 6. The van der Waals surface area contributed by atoms with Crippen LogP contribution in [0.5, 0.6) is 0 Å². The maximum absolute atomic E-state index is 12.8. The number of anilines is 2. The lowest BCUT2D eigenvalue weighted by Crippen LogP contribution is -2.45. The zero-order chi connectivity index (χ0) is 22.3. The Morgan fingerprint density at radius 3 is 2.03 bits per heavy atom. The van der Waals surface area contributed by atoms with Gasteiger partial charge in [0.05, 0.1) is 11.8 Å². The van der Waals surface area contributed by atoms with Crippen molar-refractivity contribution in [3.8, 4) is 0 Å². The molecule has 3 aliphatic rings. The molecule has 2 aliphatic carbocycles. The summed E-state index contributed by atoms with van der Waals surface area (Å²) in [5.74, 6) is -2.91. The predicted molar refractivity (Wildman–Crippen MR) is 109 cm³/mol. The Morgan fingerprint density at radius 2 is 1.52 bits per heavy atom. The number of ether oxygens (including phenoxy) is 1. The molecule has 1 aliphatic heterocycles. The van der Waals surface area contributed by atoms with Gasteiger partial charge in [0.25, 0.3) is 5.91 Å². The summed E-state index contributed by atoms with van der Waals surface area (Å²) in [6, 6.07) is 5.34. The molecule has 2 bridgehead atoms. The van der Waals surface area contributed by atoms with E-state index in [0.717, 1.165) is 11.3 Å². The number of benzene rings is 1. The van der Waals surface area contributed by atoms with E-state index in [9.17, 15) is 24.0 Å². The number of rotatable bonds is 6. The van der Waals surface area contributed by atoms with Gasteiger partial charge in [0, 0.05) is 18.3 Å². The fourth-order valence-electron chi connectivity index (χ4n) is 4.71. The van der Waals surface area contributed by atoms with Crippen LogP contribution in [0.1, 0.15) is 20.3 Å². The average molecular weight is 425 g/mol. The third kappa shape index (κ3) is 3.83. The van der Waals surface area contributed by atoms with Gasteiger partial charge in [-0.3, -0.25) is 24.1 Å². The second-order valence-electron chi connectivity index (χ2n) is 8.14. The Labute approximate surface area is 178 Å². The van der Waals surface area contributed by atoms with Crippen LogP contribution in [0, 0.1) is 23.7 Å². The molecular formula is C22H23N3O6. The molecule has 4 amide bonds. The Kier molecular flexibility index (Phi) is 5.34. The molecule has 0 spiro atoms. The molecule has 9 heteroatoms. The van der Waals surface area contributed by atoms with Crippen LogP contribution in [0.2, 0.25) is 0 Å². The van der Waals surface area contributed by atoms with Gasteiger partial charge >= 0.3 is 5.97 Å². The second-order valence-corrected chi connectivity index (χ2v) is 8.14. The third-order valence-electron chi connectivity index (χ3n) is 6.07. The maximum atomic E-state index is 12.8.